The van der Waals surface area contributed by atoms with Crippen LogP contribution < -0.4 is 10.6 Å². The molecule has 0 saturated carbocycles. The van der Waals surface area contributed by atoms with Crippen LogP contribution in [0.5, 0.6) is 0 Å². The molecule has 0 saturated heterocycles. The summed E-state index contributed by atoms with van der Waals surface area (Å²) in [7, 11) is 0. The Hall–Kier alpha value is -2.34. The Kier molecular flexibility index (Phi) is 7.66. The summed E-state index contributed by atoms with van der Waals surface area (Å²) in [5, 5.41) is 5.66. The second kappa shape index (κ2) is 9.97. The van der Waals surface area contributed by atoms with Crippen LogP contribution in [0.3, 0.4) is 0 Å². The zero-order chi connectivity index (χ0) is 18.9. The van der Waals surface area contributed by atoms with E-state index in [1.807, 2.05) is 13.8 Å². The smallest absolute Gasteiger partial charge is 0.251 e. The molecule has 0 spiro atoms. The zero-order valence-corrected chi connectivity index (χ0v) is 15.7. The number of amides is 2. The van der Waals surface area contributed by atoms with Crippen molar-refractivity contribution in [1.82, 2.24) is 5.32 Å². The van der Waals surface area contributed by atoms with Crippen molar-refractivity contribution in [2.75, 3.05) is 17.6 Å². The summed E-state index contributed by atoms with van der Waals surface area (Å²) in [4.78, 5) is 24.8. The molecular formula is C20H23FN2O2S. The SMILES string of the molecule is CC(C)C(=O)Nc1ccc(C(=O)NCCCSc2ccc(F)cc2)cc1. The fourth-order valence-corrected chi connectivity index (χ4v) is 2.94. The molecule has 0 bridgehead atoms. The maximum atomic E-state index is 12.8. The average Bonchev–Trinajstić information content (AvgIpc) is 2.63. The number of anilines is 1. The highest BCUT2D eigenvalue weighted by Crippen LogP contribution is 2.18. The van der Waals surface area contributed by atoms with E-state index < -0.39 is 0 Å². The summed E-state index contributed by atoms with van der Waals surface area (Å²) < 4.78 is 12.8. The quantitative estimate of drug-likeness (QED) is 0.534. The lowest BCUT2D eigenvalue weighted by molar-refractivity contribution is -0.118. The first kappa shape index (κ1) is 20.0. The normalized spacial score (nSPS) is 10.6. The lowest BCUT2D eigenvalue weighted by atomic mass is 10.1. The van der Waals surface area contributed by atoms with Crippen LogP contribution >= 0.6 is 11.8 Å². The number of carbonyl (C=O) groups excluding carboxylic acids is 2. The summed E-state index contributed by atoms with van der Waals surface area (Å²) in [5.74, 6) is 0.313. The minimum absolute atomic E-state index is 0.0548. The third kappa shape index (κ3) is 6.52. The summed E-state index contributed by atoms with van der Waals surface area (Å²) in [6.07, 6.45) is 0.816. The average molecular weight is 374 g/mol. The first-order valence-electron chi connectivity index (χ1n) is 8.53. The van der Waals surface area contributed by atoms with Gasteiger partial charge in [-0.2, -0.15) is 0 Å². The number of halogens is 1. The van der Waals surface area contributed by atoms with Gasteiger partial charge in [0, 0.05) is 28.6 Å². The second-order valence-corrected chi connectivity index (χ2v) is 7.30. The summed E-state index contributed by atoms with van der Waals surface area (Å²) in [5.41, 5.74) is 1.23. The molecule has 6 heteroatoms. The number of carbonyl (C=O) groups is 2. The fraction of sp³-hybridized carbons (Fsp3) is 0.300. The Bertz CT molecular complexity index is 730. The Morgan fingerprint density at radius 2 is 1.69 bits per heavy atom. The maximum Gasteiger partial charge on any atom is 0.251 e. The van der Waals surface area contributed by atoms with Gasteiger partial charge in [0.2, 0.25) is 5.91 Å². The molecule has 138 valence electrons. The molecular weight excluding hydrogens is 351 g/mol. The molecule has 26 heavy (non-hydrogen) atoms. The van der Waals surface area contributed by atoms with Crippen LogP contribution in [0.4, 0.5) is 10.1 Å². The number of benzene rings is 2. The first-order chi connectivity index (χ1) is 12.5. The number of nitrogens with one attached hydrogen (secondary N) is 2. The van der Waals surface area contributed by atoms with Crippen LogP contribution in [0.25, 0.3) is 0 Å². The molecule has 2 aromatic rings. The highest BCUT2D eigenvalue weighted by atomic mass is 32.2. The minimum Gasteiger partial charge on any atom is -0.352 e. The van der Waals surface area contributed by atoms with Crippen molar-refractivity contribution in [1.29, 1.82) is 0 Å². The third-order valence-electron chi connectivity index (χ3n) is 3.63. The monoisotopic (exact) mass is 374 g/mol. The molecule has 2 aromatic carbocycles. The fourth-order valence-electron chi connectivity index (χ4n) is 2.09. The lowest BCUT2D eigenvalue weighted by Crippen LogP contribution is -2.24. The van der Waals surface area contributed by atoms with Gasteiger partial charge in [-0.3, -0.25) is 9.59 Å². The highest BCUT2D eigenvalue weighted by molar-refractivity contribution is 7.99. The Morgan fingerprint density at radius 3 is 2.31 bits per heavy atom. The van der Waals surface area contributed by atoms with E-state index in [4.69, 9.17) is 0 Å². The van der Waals surface area contributed by atoms with Crippen molar-refractivity contribution in [3.05, 3.63) is 59.9 Å². The molecule has 2 N–H and O–H groups in total. The second-order valence-electron chi connectivity index (χ2n) is 6.13. The largest absolute Gasteiger partial charge is 0.352 e. The van der Waals surface area contributed by atoms with Gasteiger partial charge in [0.15, 0.2) is 0 Å². The molecule has 0 radical (unpaired) electrons. The standard InChI is InChI=1S/C20H23FN2O2S/c1-14(2)19(24)23-17-8-4-15(5-9-17)20(25)22-12-3-13-26-18-10-6-16(21)7-11-18/h4-11,14H,3,12-13H2,1-2H3,(H,22,25)(H,23,24). The molecule has 0 fully saturated rings. The van der Waals surface area contributed by atoms with Gasteiger partial charge in [-0.15, -0.1) is 11.8 Å². The van der Waals surface area contributed by atoms with Gasteiger partial charge in [0.25, 0.3) is 5.91 Å². The Labute approximate surface area is 157 Å². The van der Waals surface area contributed by atoms with E-state index in [2.05, 4.69) is 10.6 Å². The third-order valence-corrected chi connectivity index (χ3v) is 4.73. The summed E-state index contributed by atoms with van der Waals surface area (Å²) in [6.45, 7) is 4.22. The van der Waals surface area contributed by atoms with E-state index in [1.54, 1.807) is 48.2 Å². The number of rotatable bonds is 8. The molecule has 2 rings (SSSR count). The molecule has 0 aliphatic carbocycles. The number of thioether (sulfide) groups is 1. The van der Waals surface area contributed by atoms with E-state index in [9.17, 15) is 14.0 Å². The molecule has 0 aliphatic heterocycles. The van der Waals surface area contributed by atoms with Gasteiger partial charge in [0.1, 0.15) is 5.82 Å². The Balaban J connectivity index is 1.70. The Morgan fingerprint density at radius 1 is 1.04 bits per heavy atom. The van der Waals surface area contributed by atoms with Gasteiger partial charge >= 0.3 is 0 Å². The van der Waals surface area contributed by atoms with Crippen LogP contribution in [-0.4, -0.2) is 24.1 Å². The lowest BCUT2D eigenvalue weighted by Gasteiger charge is -2.09. The van der Waals surface area contributed by atoms with Crippen molar-refractivity contribution in [3.8, 4) is 0 Å². The van der Waals surface area contributed by atoms with E-state index >= 15 is 0 Å². The van der Waals surface area contributed by atoms with E-state index in [-0.39, 0.29) is 23.5 Å². The van der Waals surface area contributed by atoms with Gasteiger partial charge in [-0.1, -0.05) is 13.8 Å². The zero-order valence-electron chi connectivity index (χ0n) is 14.9. The van der Waals surface area contributed by atoms with Crippen molar-refractivity contribution in [2.45, 2.75) is 25.2 Å². The summed E-state index contributed by atoms with van der Waals surface area (Å²) >= 11 is 1.63. The number of hydrogen-bond acceptors (Lipinski definition) is 3. The predicted molar refractivity (Wildman–Crippen MR) is 104 cm³/mol. The molecule has 0 heterocycles. The molecule has 4 nitrogen and oxygen atoms in total. The minimum atomic E-state index is -0.239. The van der Waals surface area contributed by atoms with Crippen LogP contribution in [-0.2, 0) is 4.79 Å². The number of hydrogen-bond donors (Lipinski definition) is 2. The van der Waals surface area contributed by atoms with Crippen LogP contribution in [0.2, 0.25) is 0 Å². The molecule has 0 aromatic heterocycles. The predicted octanol–water partition coefficient (Wildman–Crippen LogP) is 4.33. The highest BCUT2D eigenvalue weighted by Gasteiger charge is 2.08. The molecule has 0 atom stereocenters. The maximum absolute atomic E-state index is 12.8. The molecule has 0 aliphatic rings. The van der Waals surface area contributed by atoms with Crippen LogP contribution in [0, 0.1) is 11.7 Å². The van der Waals surface area contributed by atoms with Gasteiger partial charge in [-0.25, -0.2) is 4.39 Å². The molecule has 0 unspecified atom stereocenters. The summed E-state index contributed by atoms with van der Waals surface area (Å²) in [6, 6.07) is 13.2. The van der Waals surface area contributed by atoms with Crippen molar-refractivity contribution < 1.29 is 14.0 Å². The van der Waals surface area contributed by atoms with Crippen LogP contribution in [0.1, 0.15) is 30.6 Å². The van der Waals surface area contributed by atoms with Crippen LogP contribution in [0.15, 0.2) is 53.4 Å². The van der Waals surface area contributed by atoms with Gasteiger partial charge in [-0.05, 0) is 60.7 Å². The molecule has 2 amide bonds. The van der Waals surface area contributed by atoms with Gasteiger partial charge in [0.05, 0.1) is 0 Å². The topological polar surface area (TPSA) is 58.2 Å². The first-order valence-corrected chi connectivity index (χ1v) is 9.52. The van der Waals surface area contributed by atoms with E-state index in [1.165, 1.54) is 12.1 Å². The van der Waals surface area contributed by atoms with Crippen molar-refractivity contribution >= 4 is 29.3 Å². The van der Waals surface area contributed by atoms with E-state index in [0.29, 0.717) is 17.8 Å². The van der Waals surface area contributed by atoms with Gasteiger partial charge < -0.3 is 10.6 Å². The van der Waals surface area contributed by atoms with E-state index in [0.717, 1.165) is 17.1 Å². The van der Waals surface area contributed by atoms with Crippen molar-refractivity contribution in [2.24, 2.45) is 5.92 Å². The van der Waals surface area contributed by atoms with Crippen molar-refractivity contribution in [3.63, 3.8) is 0 Å².